The van der Waals surface area contributed by atoms with Crippen molar-refractivity contribution in [3.8, 4) is 0 Å². The summed E-state index contributed by atoms with van der Waals surface area (Å²) in [6, 6.07) is 9.62. The smallest absolute Gasteiger partial charge is 0.315 e. The lowest BCUT2D eigenvalue weighted by molar-refractivity contribution is 0.234. The molecule has 1 aromatic rings. The monoisotopic (exact) mass is 310 g/mol. The van der Waals surface area contributed by atoms with Crippen LogP contribution in [0.5, 0.6) is 0 Å². The molecule has 2 N–H and O–H groups in total. The largest absolute Gasteiger partial charge is 0.336 e. The van der Waals surface area contributed by atoms with Crippen LogP contribution in [-0.2, 0) is 16.3 Å². The van der Waals surface area contributed by atoms with E-state index < -0.39 is 9.84 Å². The molecule has 6 heteroatoms. The fraction of sp³-hybridized carbons (Fsp3) is 0.533. The van der Waals surface area contributed by atoms with E-state index in [1.165, 1.54) is 5.56 Å². The number of amides is 2. The van der Waals surface area contributed by atoms with E-state index in [9.17, 15) is 13.2 Å². The number of carbonyl (C=O) groups excluding carboxylic acids is 1. The summed E-state index contributed by atoms with van der Waals surface area (Å²) >= 11 is 0. The van der Waals surface area contributed by atoms with E-state index in [-0.39, 0.29) is 29.6 Å². The number of rotatable bonds is 5. The lowest BCUT2D eigenvalue weighted by atomic mass is 10.1. The zero-order valence-corrected chi connectivity index (χ0v) is 13.0. The highest BCUT2D eigenvalue weighted by Crippen LogP contribution is 2.11. The first-order valence-corrected chi connectivity index (χ1v) is 9.08. The van der Waals surface area contributed by atoms with Crippen LogP contribution in [0.4, 0.5) is 4.79 Å². The summed E-state index contributed by atoms with van der Waals surface area (Å²) in [6.45, 7) is 1.95. The Bertz CT molecular complexity index is 572. The molecule has 1 heterocycles. The van der Waals surface area contributed by atoms with Gasteiger partial charge >= 0.3 is 6.03 Å². The minimum atomic E-state index is -2.96. The molecule has 21 heavy (non-hydrogen) atoms. The molecule has 0 aromatic heterocycles. The Morgan fingerprint density at radius 2 is 2.05 bits per heavy atom. The molecule has 0 saturated carbocycles. The molecular formula is C15H22N2O3S. The zero-order valence-electron chi connectivity index (χ0n) is 12.2. The van der Waals surface area contributed by atoms with E-state index in [0.29, 0.717) is 6.42 Å². The number of benzene rings is 1. The first-order valence-electron chi connectivity index (χ1n) is 7.26. The first kappa shape index (κ1) is 15.8. The predicted octanol–water partition coefficient (Wildman–Crippen LogP) is 1.49. The van der Waals surface area contributed by atoms with Crippen LogP contribution in [0.2, 0.25) is 0 Å². The van der Waals surface area contributed by atoms with E-state index in [4.69, 9.17) is 0 Å². The number of urea groups is 1. The van der Waals surface area contributed by atoms with Crippen molar-refractivity contribution in [3.63, 3.8) is 0 Å². The van der Waals surface area contributed by atoms with Gasteiger partial charge in [0.1, 0.15) is 0 Å². The summed E-state index contributed by atoms with van der Waals surface area (Å²) in [7, 11) is -2.96. The summed E-state index contributed by atoms with van der Waals surface area (Å²) in [5.74, 6) is 0.223. The van der Waals surface area contributed by atoms with E-state index in [1.54, 1.807) is 0 Å². The van der Waals surface area contributed by atoms with Gasteiger partial charge in [-0.3, -0.25) is 0 Å². The number of hydrogen-bond donors (Lipinski definition) is 2. The predicted molar refractivity (Wildman–Crippen MR) is 83.0 cm³/mol. The van der Waals surface area contributed by atoms with E-state index >= 15 is 0 Å². The first-order chi connectivity index (χ1) is 9.94. The molecule has 116 valence electrons. The van der Waals surface area contributed by atoms with Crippen LogP contribution in [0.3, 0.4) is 0 Å². The summed E-state index contributed by atoms with van der Waals surface area (Å²) < 4.78 is 22.7. The maximum Gasteiger partial charge on any atom is 0.315 e. The van der Waals surface area contributed by atoms with Crippen LogP contribution >= 0.6 is 0 Å². The maximum absolute atomic E-state index is 11.8. The minimum absolute atomic E-state index is 0.0446. The topological polar surface area (TPSA) is 75.3 Å². The molecule has 2 amide bonds. The molecule has 0 spiro atoms. The van der Waals surface area contributed by atoms with Gasteiger partial charge in [0.25, 0.3) is 0 Å². The fourth-order valence-corrected chi connectivity index (χ4v) is 4.13. The van der Waals surface area contributed by atoms with Crippen LogP contribution in [0.1, 0.15) is 25.3 Å². The second-order valence-corrected chi connectivity index (χ2v) is 7.87. The zero-order chi connectivity index (χ0) is 15.3. The molecule has 1 aromatic carbocycles. The number of aryl methyl sites for hydroxylation is 1. The molecule has 2 atom stereocenters. The Morgan fingerprint density at radius 3 is 2.67 bits per heavy atom. The average molecular weight is 310 g/mol. The van der Waals surface area contributed by atoms with Crippen LogP contribution < -0.4 is 10.6 Å². The van der Waals surface area contributed by atoms with Crippen molar-refractivity contribution in [3.05, 3.63) is 35.9 Å². The van der Waals surface area contributed by atoms with Gasteiger partial charge in [-0.1, -0.05) is 30.3 Å². The molecule has 2 unspecified atom stereocenters. The summed E-state index contributed by atoms with van der Waals surface area (Å²) in [5.41, 5.74) is 1.24. The summed E-state index contributed by atoms with van der Waals surface area (Å²) in [4.78, 5) is 11.8. The van der Waals surface area contributed by atoms with Crippen molar-refractivity contribution in [1.29, 1.82) is 0 Å². The lowest BCUT2D eigenvalue weighted by Crippen LogP contribution is -2.45. The number of nitrogens with one attached hydrogen (secondary N) is 2. The van der Waals surface area contributed by atoms with Crippen LogP contribution in [-0.4, -0.2) is 38.0 Å². The second kappa shape index (κ2) is 6.93. The minimum Gasteiger partial charge on any atom is -0.336 e. The molecule has 5 nitrogen and oxygen atoms in total. The third kappa shape index (κ3) is 5.38. The summed E-state index contributed by atoms with van der Waals surface area (Å²) in [5, 5.41) is 5.59. The molecular weight excluding hydrogens is 288 g/mol. The van der Waals surface area contributed by atoms with Gasteiger partial charge in [0, 0.05) is 12.1 Å². The third-order valence-corrected chi connectivity index (χ3v) is 5.42. The SMILES string of the molecule is CC(CCc1ccccc1)NC(=O)NC1CCS(=O)(=O)C1. The molecule has 2 rings (SSSR count). The van der Waals surface area contributed by atoms with Crippen molar-refractivity contribution in [2.45, 2.75) is 38.3 Å². The van der Waals surface area contributed by atoms with Crippen LogP contribution in [0.25, 0.3) is 0 Å². The Balaban J connectivity index is 1.70. The summed E-state index contributed by atoms with van der Waals surface area (Å²) in [6.07, 6.45) is 2.26. The quantitative estimate of drug-likeness (QED) is 0.865. The van der Waals surface area contributed by atoms with Crippen molar-refractivity contribution in [2.24, 2.45) is 0 Å². The van der Waals surface area contributed by atoms with E-state index in [0.717, 1.165) is 12.8 Å². The third-order valence-electron chi connectivity index (χ3n) is 3.65. The van der Waals surface area contributed by atoms with Gasteiger partial charge in [-0.2, -0.15) is 0 Å². The normalized spacial score (nSPS) is 21.7. The van der Waals surface area contributed by atoms with E-state index in [2.05, 4.69) is 22.8 Å². The standard InChI is InChI=1S/C15H22N2O3S/c1-12(7-8-13-5-3-2-4-6-13)16-15(18)17-14-9-10-21(19,20)11-14/h2-6,12,14H,7-11H2,1H3,(H2,16,17,18). The van der Waals surface area contributed by atoms with Crippen LogP contribution in [0.15, 0.2) is 30.3 Å². The molecule has 0 aliphatic carbocycles. The highest BCUT2D eigenvalue weighted by Gasteiger charge is 2.28. The molecule has 1 saturated heterocycles. The number of sulfone groups is 1. The molecule has 0 radical (unpaired) electrons. The van der Waals surface area contributed by atoms with Gasteiger partial charge in [-0.05, 0) is 31.7 Å². The molecule has 1 fully saturated rings. The molecule has 1 aliphatic heterocycles. The van der Waals surface area contributed by atoms with Crippen molar-refractivity contribution < 1.29 is 13.2 Å². The highest BCUT2D eigenvalue weighted by molar-refractivity contribution is 7.91. The Kier molecular flexibility index (Phi) is 5.22. The number of carbonyl (C=O) groups is 1. The molecule has 0 bridgehead atoms. The maximum atomic E-state index is 11.8. The van der Waals surface area contributed by atoms with Gasteiger partial charge in [-0.25, -0.2) is 13.2 Å². The fourth-order valence-electron chi connectivity index (χ4n) is 2.46. The van der Waals surface area contributed by atoms with Gasteiger partial charge in [0.05, 0.1) is 11.5 Å². The Hall–Kier alpha value is -1.56. The molecule has 1 aliphatic rings. The average Bonchev–Trinajstić information content (AvgIpc) is 2.76. The van der Waals surface area contributed by atoms with Crippen molar-refractivity contribution >= 4 is 15.9 Å². The van der Waals surface area contributed by atoms with Crippen molar-refractivity contribution in [2.75, 3.05) is 11.5 Å². The lowest BCUT2D eigenvalue weighted by Gasteiger charge is -2.17. The van der Waals surface area contributed by atoms with Gasteiger partial charge in [0.2, 0.25) is 0 Å². The number of hydrogen-bond acceptors (Lipinski definition) is 3. The second-order valence-electron chi connectivity index (χ2n) is 5.64. The van der Waals surface area contributed by atoms with Crippen molar-refractivity contribution in [1.82, 2.24) is 10.6 Å². The Labute approximate surface area is 126 Å². The highest BCUT2D eigenvalue weighted by atomic mass is 32.2. The van der Waals surface area contributed by atoms with Gasteiger partial charge < -0.3 is 10.6 Å². The van der Waals surface area contributed by atoms with Crippen LogP contribution in [0, 0.1) is 0 Å². The van der Waals surface area contributed by atoms with Gasteiger partial charge in [0.15, 0.2) is 9.84 Å². The van der Waals surface area contributed by atoms with Gasteiger partial charge in [-0.15, -0.1) is 0 Å². The van der Waals surface area contributed by atoms with E-state index in [1.807, 2.05) is 25.1 Å². The Morgan fingerprint density at radius 1 is 1.33 bits per heavy atom.